The smallest absolute Gasteiger partial charge is 0.407 e. The molecule has 1 fully saturated rings. The molecule has 8 nitrogen and oxygen atoms in total. The van der Waals surface area contributed by atoms with E-state index in [0.29, 0.717) is 17.9 Å². The highest BCUT2D eigenvalue weighted by Crippen LogP contribution is 2.44. The third-order valence-corrected chi connectivity index (χ3v) is 5.95. The van der Waals surface area contributed by atoms with Crippen LogP contribution in [0.1, 0.15) is 56.1 Å². The SMILES string of the molecule is CCCC[C@H](NC(=O)OCC1c2ccccc2-c2ccccc21)C(=O)ON1C(=O)CCC1=O. The molecular formula is C25H26N2O6. The average Bonchev–Trinajstić information content (AvgIpc) is 3.32. The third kappa shape index (κ3) is 4.74. The molecule has 1 aliphatic heterocycles. The lowest BCUT2D eigenvalue weighted by atomic mass is 9.98. The first-order valence-electron chi connectivity index (χ1n) is 11.2. The molecule has 2 aromatic rings. The second-order valence-electron chi connectivity index (χ2n) is 8.16. The second kappa shape index (κ2) is 9.85. The van der Waals surface area contributed by atoms with E-state index in [4.69, 9.17) is 9.57 Å². The monoisotopic (exact) mass is 450 g/mol. The van der Waals surface area contributed by atoms with E-state index in [-0.39, 0.29) is 25.4 Å². The zero-order valence-electron chi connectivity index (χ0n) is 18.4. The van der Waals surface area contributed by atoms with Gasteiger partial charge in [-0.1, -0.05) is 68.3 Å². The van der Waals surface area contributed by atoms with Crippen LogP contribution in [-0.4, -0.2) is 41.6 Å². The predicted molar refractivity (Wildman–Crippen MR) is 119 cm³/mol. The Labute approximate surface area is 191 Å². The summed E-state index contributed by atoms with van der Waals surface area (Å²) < 4.78 is 5.51. The normalized spacial score (nSPS) is 15.7. The summed E-state index contributed by atoms with van der Waals surface area (Å²) >= 11 is 0. The summed E-state index contributed by atoms with van der Waals surface area (Å²) in [4.78, 5) is 53.6. The van der Waals surface area contributed by atoms with E-state index in [2.05, 4.69) is 5.32 Å². The minimum Gasteiger partial charge on any atom is -0.449 e. The quantitative estimate of drug-likeness (QED) is 0.616. The molecule has 3 amide bonds. The highest BCUT2D eigenvalue weighted by Gasteiger charge is 2.35. The molecule has 8 heteroatoms. The van der Waals surface area contributed by atoms with Crippen molar-refractivity contribution in [2.75, 3.05) is 6.61 Å². The Morgan fingerprint density at radius 2 is 1.58 bits per heavy atom. The van der Waals surface area contributed by atoms with Crippen LogP contribution in [0, 0.1) is 0 Å². The van der Waals surface area contributed by atoms with Crippen LogP contribution in [0.2, 0.25) is 0 Å². The number of unbranched alkanes of at least 4 members (excludes halogenated alkanes) is 1. The summed E-state index contributed by atoms with van der Waals surface area (Å²) in [6, 6.07) is 15.0. The van der Waals surface area contributed by atoms with Gasteiger partial charge in [0.25, 0.3) is 11.8 Å². The first kappa shape index (κ1) is 22.5. The molecule has 1 heterocycles. The van der Waals surface area contributed by atoms with Gasteiger partial charge >= 0.3 is 12.1 Å². The van der Waals surface area contributed by atoms with E-state index < -0.39 is 29.9 Å². The van der Waals surface area contributed by atoms with Gasteiger partial charge in [0.05, 0.1) is 0 Å². The summed E-state index contributed by atoms with van der Waals surface area (Å²) in [6.07, 6.45) is 0.990. The summed E-state index contributed by atoms with van der Waals surface area (Å²) in [5.41, 5.74) is 4.40. The van der Waals surface area contributed by atoms with E-state index in [1.54, 1.807) is 0 Å². The third-order valence-electron chi connectivity index (χ3n) is 5.95. The fourth-order valence-electron chi connectivity index (χ4n) is 4.25. The predicted octanol–water partition coefficient (Wildman–Crippen LogP) is 3.69. The molecule has 0 aromatic heterocycles. The molecule has 33 heavy (non-hydrogen) atoms. The van der Waals surface area contributed by atoms with Crippen LogP contribution in [0.25, 0.3) is 11.1 Å². The lowest BCUT2D eigenvalue weighted by Gasteiger charge is -2.20. The first-order chi connectivity index (χ1) is 16.0. The van der Waals surface area contributed by atoms with Crippen molar-refractivity contribution in [1.29, 1.82) is 0 Å². The topological polar surface area (TPSA) is 102 Å². The van der Waals surface area contributed by atoms with Gasteiger partial charge < -0.3 is 14.9 Å². The van der Waals surface area contributed by atoms with Gasteiger partial charge in [0.2, 0.25) is 0 Å². The number of rotatable bonds is 8. The largest absolute Gasteiger partial charge is 0.449 e. The van der Waals surface area contributed by atoms with Crippen molar-refractivity contribution in [2.24, 2.45) is 0 Å². The number of fused-ring (bicyclic) bond motifs is 3. The molecular weight excluding hydrogens is 424 g/mol. The number of ether oxygens (including phenoxy) is 1. The van der Waals surface area contributed by atoms with Gasteiger partial charge in [0, 0.05) is 18.8 Å². The van der Waals surface area contributed by atoms with Crippen molar-refractivity contribution in [3.8, 4) is 11.1 Å². The molecule has 4 rings (SSSR count). The van der Waals surface area contributed by atoms with Gasteiger partial charge in [-0.25, -0.2) is 9.59 Å². The van der Waals surface area contributed by atoms with E-state index in [1.165, 1.54) is 0 Å². The highest BCUT2D eigenvalue weighted by atomic mass is 16.7. The number of benzene rings is 2. The zero-order chi connectivity index (χ0) is 23.4. The van der Waals surface area contributed by atoms with Gasteiger partial charge in [-0.2, -0.15) is 0 Å². The zero-order valence-corrected chi connectivity index (χ0v) is 18.4. The van der Waals surface area contributed by atoms with Crippen molar-refractivity contribution in [2.45, 2.75) is 51.0 Å². The summed E-state index contributed by atoms with van der Waals surface area (Å²) in [7, 11) is 0. The Morgan fingerprint density at radius 3 is 2.15 bits per heavy atom. The Balaban J connectivity index is 1.40. The van der Waals surface area contributed by atoms with Gasteiger partial charge in [-0.05, 0) is 28.7 Å². The molecule has 1 N–H and O–H groups in total. The number of alkyl carbamates (subject to hydrolysis) is 1. The van der Waals surface area contributed by atoms with E-state index >= 15 is 0 Å². The number of imide groups is 1. The lowest BCUT2D eigenvalue weighted by molar-refractivity contribution is -0.199. The second-order valence-corrected chi connectivity index (χ2v) is 8.16. The van der Waals surface area contributed by atoms with Crippen LogP contribution < -0.4 is 5.32 Å². The average molecular weight is 450 g/mol. The first-order valence-corrected chi connectivity index (χ1v) is 11.2. The Hall–Kier alpha value is -3.68. The number of hydrogen-bond acceptors (Lipinski definition) is 6. The minimum atomic E-state index is -1.03. The van der Waals surface area contributed by atoms with Crippen LogP contribution >= 0.6 is 0 Å². The van der Waals surface area contributed by atoms with Crippen molar-refractivity contribution >= 4 is 23.9 Å². The molecule has 2 aromatic carbocycles. The van der Waals surface area contributed by atoms with Crippen molar-refractivity contribution in [3.05, 3.63) is 59.7 Å². The van der Waals surface area contributed by atoms with Crippen LogP contribution in [0.5, 0.6) is 0 Å². The van der Waals surface area contributed by atoms with Gasteiger partial charge in [-0.15, -0.1) is 5.06 Å². The summed E-state index contributed by atoms with van der Waals surface area (Å²) in [5.74, 6) is -2.10. The molecule has 1 atom stereocenters. The minimum absolute atomic E-state index is 0.00550. The number of nitrogens with zero attached hydrogens (tertiary/aromatic N) is 1. The maximum Gasteiger partial charge on any atom is 0.407 e. The molecule has 0 radical (unpaired) electrons. The Bertz CT molecular complexity index is 1020. The Kier molecular flexibility index (Phi) is 6.72. The van der Waals surface area contributed by atoms with Gasteiger partial charge in [-0.3, -0.25) is 9.59 Å². The summed E-state index contributed by atoms with van der Waals surface area (Å²) in [6.45, 7) is 2.06. The number of hydroxylamine groups is 2. The van der Waals surface area contributed by atoms with Crippen molar-refractivity contribution < 1.29 is 28.8 Å². The van der Waals surface area contributed by atoms with Crippen LogP contribution in [-0.2, 0) is 24.0 Å². The number of hydrogen-bond donors (Lipinski definition) is 1. The molecule has 172 valence electrons. The van der Waals surface area contributed by atoms with Crippen molar-refractivity contribution in [3.63, 3.8) is 0 Å². The molecule has 0 spiro atoms. The fourth-order valence-corrected chi connectivity index (χ4v) is 4.25. The van der Waals surface area contributed by atoms with Crippen LogP contribution in [0.4, 0.5) is 4.79 Å². The van der Waals surface area contributed by atoms with E-state index in [1.807, 2.05) is 55.5 Å². The standard InChI is InChI=1S/C25H26N2O6/c1-2-3-12-21(24(30)33-27-22(28)13-14-23(27)29)26-25(31)32-15-20-18-10-6-4-8-16(18)17-9-5-7-11-19(17)20/h4-11,20-21H,2-3,12-15H2,1H3,(H,26,31)/t21-/m0/s1. The van der Waals surface area contributed by atoms with Gasteiger partial charge in [0.1, 0.15) is 12.6 Å². The molecule has 0 saturated carbocycles. The number of nitrogens with one attached hydrogen (secondary N) is 1. The summed E-state index contributed by atoms with van der Waals surface area (Å²) in [5, 5.41) is 3.03. The molecule has 0 unspecified atom stereocenters. The molecule has 1 saturated heterocycles. The number of carbonyl (C=O) groups excluding carboxylic acids is 4. The van der Waals surface area contributed by atoms with Crippen molar-refractivity contribution in [1.82, 2.24) is 10.4 Å². The maximum absolute atomic E-state index is 12.6. The number of amides is 3. The lowest BCUT2D eigenvalue weighted by Crippen LogP contribution is -2.45. The molecule has 2 aliphatic rings. The fraction of sp³-hybridized carbons (Fsp3) is 0.360. The highest BCUT2D eigenvalue weighted by molar-refractivity contribution is 6.01. The number of carbonyl (C=O) groups is 4. The molecule has 1 aliphatic carbocycles. The van der Waals surface area contributed by atoms with E-state index in [9.17, 15) is 19.2 Å². The maximum atomic E-state index is 12.6. The molecule has 0 bridgehead atoms. The van der Waals surface area contributed by atoms with Crippen LogP contribution in [0.3, 0.4) is 0 Å². The van der Waals surface area contributed by atoms with Crippen LogP contribution in [0.15, 0.2) is 48.5 Å². The van der Waals surface area contributed by atoms with E-state index in [0.717, 1.165) is 28.7 Å². The van der Waals surface area contributed by atoms with Gasteiger partial charge in [0.15, 0.2) is 0 Å². The Morgan fingerprint density at radius 1 is 1.00 bits per heavy atom.